The lowest BCUT2D eigenvalue weighted by Gasteiger charge is -2.18. The van der Waals surface area contributed by atoms with Crippen molar-refractivity contribution in [1.29, 1.82) is 5.26 Å². The van der Waals surface area contributed by atoms with E-state index >= 15 is 0 Å². The number of thioether (sulfide) groups is 1. The Balaban J connectivity index is 5.13. The second kappa shape index (κ2) is 5.56. The summed E-state index contributed by atoms with van der Waals surface area (Å²) in [5.74, 6) is -1.67. The number of carboxylic acids is 1. The zero-order chi connectivity index (χ0) is 12.9. The van der Waals surface area contributed by atoms with Gasteiger partial charge in [0.2, 0.25) is 5.91 Å². The molecule has 0 heterocycles. The number of amides is 1. The van der Waals surface area contributed by atoms with Crippen molar-refractivity contribution in [2.24, 2.45) is 5.41 Å². The van der Waals surface area contributed by atoms with Gasteiger partial charge in [0.15, 0.2) is 5.57 Å². The number of carboxylic acid groups (broad SMARTS) is 1. The number of nitrogens with one attached hydrogen (secondary N) is 1. The number of carbonyl (C=O) groups excluding carboxylic acids is 1. The highest BCUT2D eigenvalue weighted by molar-refractivity contribution is 8.02. The summed E-state index contributed by atoms with van der Waals surface area (Å²) in [5.41, 5.74) is -1.09. The summed E-state index contributed by atoms with van der Waals surface area (Å²) in [5, 5.41) is 19.9. The molecule has 0 aromatic carbocycles. The minimum absolute atomic E-state index is 0.0647. The largest absolute Gasteiger partial charge is 0.477 e. The molecule has 5 nitrogen and oxygen atoms in total. The molecule has 88 valence electrons. The van der Waals surface area contributed by atoms with E-state index in [1.54, 1.807) is 33.1 Å². The smallest absolute Gasteiger partial charge is 0.349 e. The maximum absolute atomic E-state index is 11.6. The van der Waals surface area contributed by atoms with Gasteiger partial charge >= 0.3 is 5.97 Å². The number of carbonyl (C=O) groups is 2. The van der Waals surface area contributed by atoms with Crippen molar-refractivity contribution in [2.75, 3.05) is 6.26 Å². The van der Waals surface area contributed by atoms with E-state index < -0.39 is 17.0 Å². The number of rotatable bonds is 3. The summed E-state index contributed by atoms with van der Waals surface area (Å²) in [4.78, 5) is 22.3. The monoisotopic (exact) mass is 242 g/mol. The highest BCUT2D eigenvalue weighted by atomic mass is 32.2. The quantitative estimate of drug-likeness (QED) is 0.575. The Kier molecular flexibility index (Phi) is 5.05. The standard InChI is InChI=1S/C10H14N2O3S/c1-10(2,3)9(15)12-7(16-4)6(5-11)8(13)14/h1-4H3,(H,12,15)(H,13,14). The Labute approximate surface area is 98.5 Å². The molecule has 1 amide bonds. The fourth-order valence-electron chi connectivity index (χ4n) is 0.702. The molecule has 0 unspecified atom stereocenters. The first-order valence-corrected chi connectivity index (χ1v) is 5.69. The van der Waals surface area contributed by atoms with Crippen molar-refractivity contribution in [2.45, 2.75) is 20.8 Å². The zero-order valence-electron chi connectivity index (χ0n) is 9.62. The molecule has 0 saturated heterocycles. The van der Waals surface area contributed by atoms with Crippen molar-refractivity contribution >= 4 is 23.6 Å². The number of nitrogens with zero attached hydrogens (tertiary/aromatic N) is 1. The van der Waals surface area contributed by atoms with Crippen molar-refractivity contribution < 1.29 is 14.7 Å². The van der Waals surface area contributed by atoms with Gasteiger partial charge in [0.1, 0.15) is 11.1 Å². The molecular formula is C10H14N2O3S. The summed E-state index contributed by atoms with van der Waals surface area (Å²) in [6.07, 6.45) is 1.60. The van der Waals surface area contributed by atoms with Crippen LogP contribution in [-0.4, -0.2) is 23.2 Å². The summed E-state index contributed by atoms with van der Waals surface area (Å²) >= 11 is 1.02. The van der Waals surface area contributed by atoms with Gasteiger partial charge in [0, 0.05) is 5.41 Å². The first-order chi connectivity index (χ1) is 7.23. The Bertz CT molecular complexity index is 375. The van der Waals surface area contributed by atoms with Gasteiger partial charge in [-0.3, -0.25) is 4.79 Å². The van der Waals surface area contributed by atoms with Crippen LogP contribution in [0.1, 0.15) is 20.8 Å². The van der Waals surface area contributed by atoms with Gasteiger partial charge in [-0.15, -0.1) is 11.8 Å². The molecule has 0 saturated carbocycles. The highest BCUT2D eigenvalue weighted by Gasteiger charge is 2.24. The predicted octanol–water partition coefficient (Wildman–Crippen LogP) is 1.33. The lowest BCUT2D eigenvalue weighted by Crippen LogP contribution is -2.34. The fourth-order valence-corrected chi connectivity index (χ4v) is 1.23. The van der Waals surface area contributed by atoms with Crippen LogP contribution in [0.2, 0.25) is 0 Å². The summed E-state index contributed by atoms with van der Waals surface area (Å²) in [7, 11) is 0. The third-order valence-corrected chi connectivity index (χ3v) is 2.38. The third-order valence-electron chi connectivity index (χ3n) is 1.67. The number of hydrogen-bond donors (Lipinski definition) is 2. The molecule has 6 heteroatoms. The number of nitriles is 1. The maximum Gasteiger partial charge on any atom is 0.349 e. The van der Waals surface area contributed by atoms with Gasteiger partial charge in [-0.2, -0.15) is 5.26 Å². The average Bonchev–Trinajstić information content (AvgIpc) is 2.14. The van der Waals surface area contributed by atoms with E-state index in [1.165, 1.54) is 0 Å². The molecule has 0 aliphatic heterocycles. The van der Waals surface area contributed by atoms with Crippen LogP contribution in [0.3, 0.4) is 0 Å². The average molecular weight is 242 g/mol. The van der Waals surface area contributed by atoms with E-state index in [0.29, 0.717) is 0 Å². The SMILES string of the molecule is CSC(NC(=O)C(C)(C)C)=C(C#N)C(=O)O. The first kappa shape index (κ1) is 14.5. The second-order valence-electron chi connectivity index (χ2n) is 4.03. The molecule has 0 atom stereocenters. The first-order valence-electron chi connectivity index (χ1n) is 4.47. The van der Waals surface area contributed by atoms with Gasteiger partial charge in [0.25, 0.3) is 0 Å². The Morgan fingerprint density at radius 2 is 1.88 bits per heavy atom. The summed E-state index contributed by atoms with van der Waals surface area (Å²) in [6.45, 7) is 5.10. The van der Waals surface area contributed by atoms with E-state index in [-0.39, 0.29) is 10.9 Å². The van der Waals surface area contributed by atoms with Gasteiger partial charge < -0.3 is 10.4 Å². The van der Waals surface area contributed by atoms with Gasteiger partial charge in [0.05, 0.1) is 0 Å². The zero-order valence-corrected chi connectivity index (χ0v) is 10.4. The van der Waals surface area contributed by atoms with Crippen molar-refractivity contribution in [3.05, 3.63) is 10.6 Å². The van der Waals surface area contributed by atoms with Crippen molar-refractivity contribution in [3.8, 4) is 6.07 Å². The lowest BCUT2D eigenvalue weighted by molar-refractivity contribution is -0.132. The van der Waals surface area contributed by atoms with Gasteiger partial charge in [-0.1, -0.05) is 20.8 Å². The molecule has 16 heavy (non-hydrogen) atoms. The normalized spacial score (nSPS) is 12.4. The Morgan fingerprint density at radius 1 is 1.38 bits per heavy atom. The molecule has 0 rings (SSSR count). The minimum atomic E-state index is -1.35. The van der Waals surface area contributed by atoms with Crippen LogP contribution >= 0.6 is 11.8 Å². The number of hydrogen-bond acceptors (Lipinski definition) is 4. The Morgan fingerprint density at radius 3 is 2.12 bits per heavy atom. The van der Waals surface area contributed by atoms with E-state index in [0.717, 1.165) is 11.8 Å². The Hall–Kier alpha value is -1.48. The molecule has 0 aliphatic rings. The molecule has 0 aliphatic carbocycles. The van der Waals surface area contributed by atoms with Crippen LogP contribution in [0.25, 0.3) is 0 Å². The molecule has 0 fully saturated rings. The third kappa shape index (κ3) is 3.95. The van der Waals surface area contributed by atoms with E-state index in [1.807, 2.05) is 0 Å². The molecule has 0 aromatic rings. The van der Waals surface area contributed by atoms with Crippen LogP contribution in [0, 0.1) is 16.7 Å². The maximum atomic E-state index is 11.6. The van der Waals surface area contributed by atoms with E-state index in [2.05, 4.69) is 5.32 Å². The summed E-state index contributed by atoms with van der Waals surface area (Å²) < 4.78 is 0. The van der Waals surface area contributed by atoms with Crippen molar-refractivity contribution in [3.63, 3.8) is 0 Å². The molecule has 0 bridgehead atoms. The van der Waals surface area contributed by atoms with Gasteiger partial charge in [-0.25, -0.2) is 4.79 Å². The van der Waals surface area contributed by atoms with Crippen LogP contribution in [0.4, 0.5) is 0 Å². The molecule has 0 spiro atoms. The van der Waals surface area contributed by atoms with Crippen LogP contribution in [0.15, 0.2) is 10.6 Å². The molecule has 2 N–H and O–H groups in total. The van der Waals surface area contributed by atoms with Gasteiger partial charge in [-0.05, 0) is 6.26 Å². The summed E-state index contributed by atoms with van der Waals surface area (Å²) in [6, 6.07) is 1.55. The van der Waals surface area contributed by atoms with E-state index in [4.69, 9.17) is 10.4 Å². The van der Waals surface area contributed by atoms with Crippen molar-refractivity contribution in [1.82, 2.24) is 5.32 Å². The molecule has 0 aromatic heterocycles. The lowest BCUT2D eigenvalue weighted by atomic mass is 9.96. The minimum Gasteiger partial charge on any atom is -0.477 e. The second-order valence-corrected chi connectivity index (χ2v) is 4.85. The molecular weight excluding hydrogens is 228 g/mol. The molecule has 0 radical (unpaired) electrons. The highest BCUT2D eigenvalue weighted by Crippen LogP contribution is 2.18. The van der Waals surface area contributed by atoms with Crippen LogP contribution in [-0.2, 0) is 9.59 Å². The fraction of sp³-hybridized carbons (Fsp3) is 0.500. The van der Waals surface area contributed by atoms with E-state index in [9.17, 15) is 9.59 Å². The van der Waals surface area contributed by atoms with Crippen LogP contribution < -0.4 is 5.32 Å². The van der Waals surface area contributed by atoms with Crippen LogP contribution in [0.5, 0.6) is 0 Å². The topological polar surface area (TPSA) is 90.2 Å². The predicted molar refractivity (Wildman–Crippen MR) is 61.4 cm³/mol. The number of aliphatic carboxylic acids is 1.